The summed E-state index contributed by atoms with van der Waals surface area (Å²) in [6.45, 7) is 0. The summed E-state index contributed by atoms with van der Waals surface area (Å²) in [4.78, 5) is 0. The van der Waals surface area contributed by atoms with E-state index in [0.717, 1.165) is 7.11 Å². The molecule has 0 aliphatic carbocycles. The number of nitrogens with one attached hydrogen (secondary N) is 1. The molecule has 0 aromatic heterocycles. The van der Waals surface area contributed by atoms with Gasteiger partial charge in [0.2, 0.25) is 10.0 Å². The zero-order valence-electron chi connectivity index (χ0n) is 5.36. The maximum Gasteiger partial charge on any atom is 0.348 e. The molecule has 0 aromatic rings. The fraction of sp³-hybridized carbons (Fsp3) is 1.00. The van der Waals surface area contributed by atoms with Gasteiger partial charge in [0.1, 0.15) is 0 Å². The highest BCUT2D eigenvalue weighted by atomic mass is 32.3. The standard InChI is InChI=1S/C2H7NO5S2/c1-8-10(6,7)3-9(2,4)5/h3H,1-2H3. The summed E-state index contributed by atoms with van der Waals surface area (Å²) in [6, 6.07) is 0. The predicted molar refractivity (Wildman–Crippen MR) is 33.9 cm³/mol. The van der Waals surface area contributed by atoms with Crippen molar-refractivity contribution < 1.29 is 21.0 Å². The summed E-state index contributed by atoms with van der Waals surface area (Å²) < 4.78 is 46.1. The summed E-state index contributed by atoms with van der Waals surface area (Å²) in [7, 11) is -7.02. The SMILES string of the molecule is COS(=O)(=O)NS(C)(=O)=O. The quantitative estimate of drug-likeness (QED) is 0.579. The minimum absolute atomic E-state index is 0.712. The summed E-state index contributed by atoms with van der Waals surface area (Å²) in [6.07, 6.45) is 0.712. The summed E-state index contributed by atoms with van der Waals surface area (Å²) in [5.74, 6) is 0. The molecule has 0 aromatic carbocycles. The minimum atomic E-state index is -4.12. The number of hydrogen-bond acceptors (Lipinski definition) is 5. The van der Waals surface area contributed by atoms with E-state index in [-0.39, 0.29) is 0 Å². The highest BCUT2D eigenvalue weighted by Crippen LogP contribution is 1.85. The average molecular weight is 189 g/mol. The molecule has 8 heteroatoms. The zero-order valence-corrected chi connectivity index (χ0v) is 6.99. The fourth-order valence-corrected chi connectivity index (χ4v) is 1.97. The summed E-state index contributed by atoms with van der Waals surface area (Å²) in [5, 5.41) is 0. The smallest absolute Gasteiger partial charge is 0.261 e. The Labute approximate surface area is 59.5 Å². The third kappa shape index (κ3) is 4.68. The van der Waals surface area contributed by atoms with Crippen molar-refractivity contribution in [3.8, 4) is 0 Å². The highest BCUT2D eigenvalue weighted by molar-refractivity contribution is 8.02. The fourth-order valence-electron chi connectivity index (χ4n) is 0.219. The third-order valence-corrected chi connectivity index (χ3v) is 2.94. The van der Waals surface area contributed by atoms with Crippen LogP contribution >= 0.6 is 0 Å². The molecule has 0 rings (SSSR count). The third-order valence-electron chi connectivity index (χ3n) is 0.473. The molecule has 0 aliphatic heterocycles. The molecule has 62 valence electrons. The Morgan fingerprint density at radius 1 is 1.20 bits per heavy atom. The van der Waals surface area contributed by atoms with Crippen LogP contribution in [0.2, 0.25) is 0 Å². The van der Waals surface area contributed by atoms with Gasteiger partial charge in [-0.2, -0.15) is 8.42 Å². The van der Waals surface area contributed by atoms with Crippen LogP contribution in [0, 0.1) is 0 Å². The van der Waals surface area contributed by atoms with Gasteiger partial charge in [0, 0.05) is 0 Å². The molecule has 0 radical (unpaired) electrons. The van der Waals surface area contributed by atoms with E-state index in [0.29, 0.717) is 6.26 Å². The topological polar surface area (TPSA) is 89.5 Å². The van der Waals surface area contributed by atoms with Gasteiger partial charge in [-0.3, -0.25) is 4.18 Å². The van der Waals surface area contributed by atoms with E-state index in [2.05, 4.69) is 4.18 Å². The molecule has 0 spiro atoms. The first kappa shape index (κ1) is 9.82. The van der Waals surface area contributed by atoms with Gasteiger partial charge >= 0.3 is 10.3 Å². The lowest BCUT2D eigenvalue weighted by Crippen LogP contribution is -2.30. The van der Waals surface area contributed by atoms with Crippen molar-refractivity contribution in [2.45, 2.75) is 0 Å². The molecule has 0 saturated heterocycles. The normalized spacial score (nSPS) is 13.4. The lowest BCUT2D eigenvalue weighted by Gasteiger charge is -1.98. The van der Waals surface area contributed by atoms with Crippen molar-refractivity contribution in [1.29, 1.82) is 0 Å². The van der Waals surface area contributed by atoms with Crippen LogP contribution in [-0.4, -0.2) is 30.2 Å². The van der Waals surface area contributed by atoms with Crippen LogP contribution in [0.4, 0.5) is 0 Å². The molecule has 0 fully saturated rings. The van der Waals surface area contributed by atoms with Gasteiger partial charge in [-0.25, -0.2) is 8.42 Å². The van der Waals surface area contributed by atoms with E-state index in [9.17, 15) is 16.8 Å². The molecule has 10 heavy (non-hydrogen) atoms. The van der Waals surface area contributed by atoms with Crippen LogP contribution in [0.15, 0.2) is 0 Å². The van der Waals surface area contributed by atoms with E-state index in [1.165, 1.54) is 4.13 Å². The largest absolute Gasteiger partial charge is 0.348 e. The van der Waals surface area contributed by atoms with E-state index in [1.54, 1.807) is 0 Å². The van der Waals surface area contributed by atoms with Gasteiger partial charge < -0.3 is 0 Å². The first-order valence-corrected chi connectivity index (χ1v) is 5.36. The van der Waals surface area contributed by atoms with Crippen molar-refractivity contribution in [2.24, 2.45) is 0 Å². The Kier molecular flexibility index (Phi) is 2.77. The van der Waals surface area contributed by atoms with Crippen LogP contribution in [0.1, 0.15) is 0 Å². The van der Waals surface area contributed by atoms with Crippen LogP contribution in [0.3, 0.4) is 0 Å². The molecule has 0 atom stereocenters. The van der Waals surface area contributed by atoms with Crippen LogP contribution in [0.25, 0.3) is 0 Å². The van der Waals surface area contributed by atoms with Gasteiger partial charge in [0.25, 0.3) is 0 Å². The number of sulfonamides is 1. The molecule has 0 heterocycles. The van der Waals surface area contributed by atoms with Crippen LogP contribution in [-0.2, 0) is 24.5 Å². The van der Waals surface area contributed by atoms with Gasteiger partial charge in [-0.1, -0.05) is 4.13 Å². The molecule has 6 nitrogen and oxygen atoms in total. The molecule has 0 bridgehead atoms. The minimum Gasteiger partial charge on any atom is -0.261 e. The Morgan fingerprint density at radius 3 is 1.70 bits per heavy atom. The van der Waals surface area contributed by atoms with Gasteiger partial charge in [-0.15, -0.1) is 0 Å². The second kappa shape index (κ2) is 2.82. The van der Waals surface area contributed by atoms with E-state index < -0.39 is 20.3 Å². The molecule has 1 N–H and O–H groups in total. The van der Waals surface area contributed by atoms with Crippen LogP contribution < -0.4 is 4.13 Å². The van der Waals surface area contributed by atoms with Crippen molar-refractivity contribution in [3.63, 3.8) is 0 Å². The molecule has 0 saturated carbocycles. The lowest BCUT2D eigenvalue weighted by molar-refractivity contribution is 0.394. The van der Waals surface area contributed by atoms with Crippen LogP contribution in [0.5, 0.6) is 0 Å². The van der Waals surface area contributed by atoms with Gasteiger partial charge in [-0.05, 0) is 0 Å². The average Bonchev–Trinajstić information content (AvgIpc) is 1.60. The van der Waals surface area contributed by atoms with Crippen molar-refractivity contribution in [3.05, 3.63) is 0 Å². The van der Waals surface area contributed by atoms with Gasteiger partial charge in [0.15, 0.2) is 0 Å². The van der Waals surface area contributed by atoms with E-state index in [1.807, 2.05) is 0 Å². The Hall–Kier alpha value is -0.180. The van der Waals surface area contributed by atoms with E-state index in [4.69, 9.17) is 0 Å². The highest BCUT2D eigenvalue weighted by Gasteiger charge is 2.13. The second-order valence-electron chi connectivity index (χ2n) is 1.48. The maximum atomic E-state index is 10.3. The summed E-state index contributed by atoms with van der Waals surface area (Å²) in [5.41, 5.74) is 0. The lowest BCUT2D eigenvalue weighted by atomic mass is 11.8. The first-order valence-electron chi connectivity index (χ1n) is 2.06. The number of hydrogen-bond donors (Lipinski definition) is 1. The molecule has 0 unspecified atom stereocenters. The van der Waals surface area contributed by atoms with Crippen molar-refractivity contribution in [1.82, 2.24) is 4.13 Å². The zero-order chi connectivity index (χ0) is 8.41. The second-order valence-corrected chi connectivity index (χ2v) is 4.93. The van der Waals surface area contributed by atoms with Gasteiger partial charge in [0.05, 0.1) is 13.4 Å². The maximum absolute atomic E-state index is 10.3. The number of rotatable bonds is 3. The van der Waals surface area contributed by atoms with Crippen molar-refractivity contribution in [2.75, 3.05) is 13.4 Å². The Balaban J connectivity index is 4.49. The monoisotopic (exact) mass is 189 g/mol. The molecule has 0 amide bonds. The summed E-state index contributed by atoms with van der Waals surface area (Å²) >= 11 is 0. The predicted octanol–water partition coefficient (Wildman–Crippen LogP) is -1.57. The molecular weight excluding hydrogens is 182 g/mol. The Bertz CT molecular complexity index is 286. The first-order chi connectivity index (χ1) is 4.27. The molecular formula is C2H7NO5S2. The Morgan fingerprint density at radius 2 is 1.60 bits per heavy atom. The molecule has 0 aliphatic rings. The van der Waals surface area contributed by atoms with Crippen molar-refractivity contribution >= 4 is 20.3 Å². The van der Waals surface area contributed by atoms with E-state index >= 15 is 0 Å².